The first-order valence-electron chi connectivity index (χ1n) is 6.24. The molecule has 4 nitrogen and oxygen atoms in total. The molecule has 1 heterocycles. The van der Waals surface area contributed by atoms with Crippen molar-refractivity contribution < 1.29 is 9.84 Å². The molecule has 1 aliphatic rings. The number of rotatable bonds is 6. The van der Waals surface area contributed by atoms with Gasteiger partial charge in [-0.05, 0) is 26.3 Å². The van der Waals surface area contributed by atoms with Crippen LogP contribution < -0.4 is 5.32 Å². The van der Waals surface area contributed by atoms with Crippen LogP contribution in [0.4, 0.5) is 0 Å². The topological polar surface area (TPSA) is 44.7 Å². The van der Waals surface area contributed by atoms with Gasteiger partial charge in [0.1, 0.15) is 0 Å². The van der Waals surface area contributed by atoms with Crippen LogP contribution in [0.25, 0.3) is 0 Å². The molecule has 1 unspecified atom stereocenters. The fourth-order valence-electron chi connectivity index (χ4n) is 2.39. The zero-order valence-electron chi connectivity index (χ0n) is 10.8. The van der Waals surface area contributed by atoms with E-state index in [9.17, 15) is 5.11 Å². The molecular formula is C12H26N2O2. The summed E-state index contributed by atoms with van der Waals surface area (Å²) in [7, 11) is 1.79. The predicted octanol–water partition coefficient (Wildman–Crippen LogP) is 0.458. The van der Waals surface area contributed by atoms with Crippen molar-refractivity contribution in [2.45, 2.75) is 38.3 Å². The number of aliphatic hydroxyl groups excluding tert-OH is 1. The summed E-state index contributed by atoms with van der Waals surface area (Å²) in [4.78, 5) is 2.41. The van der Waals surface area contributed by atoms with Crippen LogP contribution in [0.2, 0.25) is 0 Å². The van der Waals surface area contributed by atoms with E-state index in [1.807, 2.05) is 0 Å². The molecule has 1 saturated heterocycles. The Kier molecular flexibility index (Phi) is 5.69. The zero-order chi connectivity index (χ0) is 12.0. The van der Waals surface area contributed by atoms with E-state index in [0.29, 0.717) is 6.10 Å². The number of likely N-dealkylation sites (N-methyl/N-ethyl adjacent to an activating group) is 1. The van der Waals surface area contributed by atoms with Crippen LogP contribution >= 0.6 is 0 Å². The highest BCUT2D eigenvalue weighted by atomic mass is 16.5. The van der Waals surface area contributed by atoms with Crippen molar-refractivity contribution in [2.24, 2.45) is 0 Å². The summed E-state index contributed by atoms with van der Waals surface area (Å²) in [6.07, 6.45) is 2.63. The first-order valence-corrected chi connectivity index (χ1v) is 6.24. The van der Waals surface area contributed by atoms with Gasteiger partial charge in [-0.15, -0.1) is 0 Å². The number of methoxy groups -OCH3 is 1. The predicted molar refractivity (Wildman–Crippen MR) is 65.6 cm³/mol. The van der Waals surface area contributed by atoms with Gasteiger partial charge in [0.2, 0.25) is 0 Å². The van der Waals surface area contributed by atoms with Gasteiger partial charge in [0.05, 0.1) is 18.2 Å². The lowest BCUT2D eigenvalue weighted by atomic mass is 10.00. The first-order chi connectivity index (χ1) is 7.63. The van der Waals surface area contributed by atoms with Gasteiger partial charge in [-0.1, -0.05) is 6.92 Å². The van der Waals surface area contributed by atoms with Crippen molar-refractivity contribution in [3.8, 4) is 0 Å². The van der Waals surface area contributed by atoms with Crippen LogP contribution in [0, 0.1) is 0 Å². The minimum atomic E-state index is -0.172. The SMILES string of the molecule is CCNC(C)(CO)CN1CCC(OC)CC1. The number of nitrogens with zero attached hydrogens (tertiary/aromatic N) is 1. The third-order valence-electron chi connectivity index (χ3n) is 3.39. The molecule has 0 bridgehead atoms. The quantitative estimate of drug-likeness (QED) is 0.696. The molecule has 0 amide bonds. The van der Waals surface area contributed by atoms with Crippen molar-refractivity contribution in [3.63, 3.8) is 0 Å². The molecule has 1 fully saturated rings. The summed E-state index contributed by atoms with van der Waals surface area (Å²) in [6.45, 7) is 8.29. The molecule has 1 atom stereocenters. The lowest BCUT2D eigenvalue weighted by Crippen LogP contribution is -2.55. The molecule has 0 aromatic carbocycles. The van der Waals surface area contributed by atoms with E-state index in [2.05, 4.69) is 24.1 Å². The number of hydrogen-bond acceptors (Lipinski definition) is 4. The van der Waals surface area contributed by atoms with E-state index in [1.54, 1.807) is 7.11 Å². The Balaban J connectivity index is 2.36. The van der Waals surface area contributed by atoms with Gasteiger partial charge in [0.15, 0.2) is 0 Å². The highest BCUT2D eigenvalue weighted by molar-refractivity contribution is 4.87. The van der Waals surface area contributed by atoms with Crippen LogP contribution in [0.1, 0.15) is 26.7 Å². The van der Waals surface area contributed by atoms with Crippen molar-refractivity contribution >= 4 is 0 Å². The van der Waals surface area contributed by atoms with E-state index < -0.39 is 0 Å². The second-order valence-corrected chi connectivity index (χ2v) is 4.96. The number of aliphatic hydroxyl groups is 1. The Morgan fingerprint density at radius 1 is 1.44 bits per heavy atom. The van der Waals surface area contributed by atoms with Gasteiger partial charge in [0, 0.05) is 26.7 Å². The normalized spacial score (nSPS) is 23.2. The van der Waals surface area contributed by atoms with Crippen molar-refractivity contribution in [3.05, 3.63) is 0 Å². The van der Waals surface area contributed by atoms with Gasteiger partial charge in [-0.2, -0.15) is 0 Å². The average molecular weight is 230 g/mol. The molecule has 4 heteroatoms. The molecule has 0 spiro atoms. The minimum Gasteiger partial charge on any atom is -0.394 e. The number of likely N-dealkylation sites (tertiary alicyclic amines) is 1. The second kappa shape index (κ2) is 6.55. The largest absolute Gasteiger partial charge is 0.394 e. The van der Waals surface area contributed by atoms with Crippen molar-refractivity contribution in [1.82, 2.24) is 10.2 Å². The van der Waals surface area contributed by atoms with Gasteiger partial charge < -0.3 is 20.1 Å². The van der Waals surface area contributed by atoms with Crippen LogP contribution in [0.15, 0.2) is 0 Å². The van der Waals surface area contributed by atoms with Crippen LogP contribution in [0.5, 0.6) is 0 Å². The van der Waals surface area contributed by atoms with E-state index >= 15 is 0 Å². The monoisotopic (exact) mass is 230 g/mol. The van der Waals surface area contributed by atoms with Crippen LogP contribution in [0.3, 0.4) is 0 Å². The van der Waals surface area contributed by atoms with E-state index in [0.717, 1.165) is 39.0 Å². The number of ether oxygens (including phenoxy) is 1. The summed E-state index contributed by atoms with van der Waals surface area (Å²) in [6, 6.07) is 0. The zero-order valence-corrected chi connectivity index (χ0v) is 10.8. The Hall–Kier alpha value is -0.160. The summed E-state index contributed by atoms with van der Waals surface area (Å²) in [5, 5.41) is 12.8. The molecule has 0 radical (unpaired) electrons. The fraction of sp³-hybridized carbons (Fsp3) is 1.00. The van der Waals surface area contributed by atoms with Gasteiger partial charge in [0.25, 0.3) is 0 Å². The van der Waals surface area contributed by atoms with E-state index in [-0.39, 0.29) is 12.1 Å². The van der Waals surface area contributed by atoms with Gasteiger partial charge in [-0.3, -0.25) is 0 Å². The molecule has 1 rings (SSSR count). The molecular weight excluding hydrogens is 204 g/mol. The Labute approximate surface area is 99.0 Å². The van der Waals surface area contributed by atoms with Crippen molar-refractivity contribution in [1.29, 1.82) is 0 Å². The Bertz CT molecular complexity index is 193. The highest BCUT2D eigenvalue weighted by Gasteiger charge is 2.27. The Morgan fingerprint density at radius 2 is 2.06 bits per heavy atom. The lowest BCUT2D eigenvalue weighted by molar-refractivity contribution is 0.0270. The molecule has 0 saturated carbocycles. The lowest BCUT2D eigenvalue weighted by Gasteiger charge is -2.38. The average Bonchev–Trinajstić information content (AvgIpc) is 2.30. The van der Waals surface area contributed by atoms with Crippen LogP contribution in [-0.4, -0.2) is 61.5 Å². The summed E-state index contributed by atoms with van der Waals surface area (Å²) in [5.74, 6) is 0. The fourth-order valence-corrected chi connectivity index (χ4v) is 2.39. The molecule has 1 aliphatic heterocycles. The number of hydrogen-bond donors (Lipinski definition) is 2. The second-order valence-electron chi connectivity index (χ2n) is 4.96. The molecule has 2 N–H and O–H groups in total. The third kappa shape index (κ3) is 4.01. The van der Waals surface area contributed by atoms with E-state index in [1.165, 1.54) is 0 Å². The number of piperidine rings is 1. The summed E-state index contributed by atoms with van der Waals surface area (Å²) in [5.41, 5.74) is -0.172. The number of nitrogens with one attached hydrogen (secondary N) is 1. The maximum atomic E-state index is 9.43. The first kappa shape index (κ1) is 13.9. The standard InChI is InChI=1S/C12H26N2O2/c1-4-13-12(2,10-15)9-14-7-5-11(16-3)6-8-14/h11,13,15H,4-10H2,1-3H3. The highest BCUT2D eigenvalue weighted by Crippen LogP contribution is 2.15. The third-order valence-corrected chi connectivity index (χ3v) is 3.39. The van der Waals surface area contributed by atoms with Crippen molar-refractivity contribution in [2.75, 3.05) is 39.9 Å². The maximum Gasteiger partial charge on any atom is 0.0623 e. The van der Waals surface area contributed by atoms with Gasteiger partial charge in [-0.25, -0.2) is 0 Å². The smallest absolute Gasteiger partial charge is 0.0623 e. The summed E-state index contributed by atoms with van der Waals surface area (Å²) < 4.78 is 5.35. The Morgan fingerprint density at radius 3 is 2.50 bits per heavy atom. The maximum absolute atomic E-state index is 9.43. The van der Waals surface area contributed by atoms with Gasteiger partial charge >= 0.3 is 0 Å². The van der Waals surface area contributed by atoms with Crippen LogP contribution in [-0.2, 0) is 4.74 Å². The summed E-state index contributed by atoms with van der Waals surface area (Å²) >= 11 is 0. The molecule has 0 aliphatic carbocycles. The van der Waals surface area contributed by atoms with E-state index in [4.69, 9.17) is 4.74 Å². The molecule has 16 heavy (non-hydrogen) atoms. The minimum absolute atomic E-state index is 0.172. The molecule has 0 aromatic rings. The molecule has 0 aromatic heterocycles. The molecule has 96 valence electrons.